The first-order valence-corrected chi connectivity index (χ1v) is 7.00. The van der Waals surface area contributed by atoms with Crippen LogP contribution >= 0.6 is 23.5 Å². The average Bonchev–Trinajstić information content (AvgIpc) is 2.48. The number of aromatic hydroxyl groups is 1. The van der Waals surface area contributed by atoms with E-state index in [1.54, 1.807) is 18.2 Å². The molecule has 0 spiro atoms. The molecule has 0 heterocycles. The lowest BCUT2D eigenvalue weighted by atomic mass is 10.2. The summed E-state index contributed by atoms with van der Waals surface area (Å²) in [5.74, 6) is -1.38. The number of esters is 1. The zero-order chi connectivity index (χ0) is 15.4. The normalized spacial score (nSPS) is 10.2. The number of ether oxygens (including phenoxy) is 1. The van der Waals surface area contributed by atoms with Crippen LogP contribution in [0.15, 0.2) is 41.3 Å². The van der Waals surface area contributed by atoms with Crippen molar-refractivity contribution in [3.05, 3.63) is 52.8 Å². The molecule has 2 aromatic carbocycles. The van der Waals surface area contributed by atoms with Gasteiger partial charge in [0.2, 0.25) is 0 Å². The monoisotopic (exact) mass is 327 g/mol. The van der Waals surface area contributed by atoms with E-state index in [1.165, 1.54) is 25.3 Å². The highest BCUT2D eigenvalue weighted by Gasteiger charge is 2.12. The van der Waals surface area contributed by atoms with Crippen LogP contribution in [0.4, 0.5) is 10.1 Å². The molecular formula is C14H11ClFNO3S. The van der Waals surface area contributed by atoms with Gasteiger partial charge in [-0.2, -0.15) is 0 Å². The fourth-order valence-corrected chi connectivity index (χ4v) is 2.49. The molecule has 0 amide bonds. The van der Waals surface area contributed by atoms with Crippen LogP contribution in [0.5, 0.6) is 5.75 Å². The molecule has 0 aliphatic carbocycles. The summed E-state index contributed by atoms with van der Waals surface area (Å²) < 4.78 is 21.1. The van der Waals surface area contributed by atoms with E-state index in [4.69, 9.17) is 11.6 Å². The van der Waals surface area contributed by atoms with Crippen molar-refractivity contribution in [2.75, 3.05) is 11.8 Å². The molecule has 0 saturated heterocycles. The van der Waals surface area contributed by atoms with Crippen LogP contribution in [0, 0.1) is 5.82 Å². The first-order chi connectivity index (χ1) is 10.0. The van der Waals surface area contributed by atoms with E-state index in [1.807, 2.05) is 0 Å². The Labute approximate surface area is 130 Å². The van der Waals surface area contributed by atoms with Crippen molar-refractivity contribution in [2.45, 2.75) is 4.90 Å². The van der Waals surface area contributed by atoms with Crippen LogP contribution in [-0.4, -0.2) is 18.2 Å². The Morgan fingerprint density at radius 1 is 1.38 bits per heavy atom. The molecule has 0 radical (unpaired) electrons. The fourth-order valence-electron chi connectivity index (χ4n) is 1.55. The molecular weight excluding hydrogens is 317 g/mol. The number of carbonyl (C=O) groups is 1. The van der Waals surface area contributed by atoms with Crippen LogP contribution in [-0.2, 0) is 4.74 Å². The van der Waals surface area contributed by atoms with Gasteiger partial charge in [0.15, 0.2) is 5.82 Å². The average molecular weight is 328 g/mol. The van der Waals surface area contributed by atoms with Crippen LogP contribution in [0.2, 0.25) is 5.02 Å². The lowest BCUT2D eigenvalue weighted by Crippen LogP contribution is -2.01. The summed E-state index contributed by atoms with van der Waals surface area (Å²) in [7, 11) is 1.23. The molecule has 0 bridgehead atoms. The summed E-state index contributed by atoms with van der Waals surface area (Å²) in [6, 6.07) is 8.99. The van der Waals surface area contributed by atoms with E-state index >= 15 is 0 Å². The summed E-state index contributed by atoms with van der Waals surface area (Å²) in [5.41, 5.74) is 0.562. The van der Waals surface area contributed by atoms with Gasteiger partial charge in [-0.15, -0.1) is 0 Å². The molecule has 2 rings (SSSR count). The van der Waals surface area contributed by atoms with Crippen molar-refractivity contribution < 1.29 is 19.0 Å². The smallest absolute Gasteiger partial charge is 0.341 e. The predicted octanol–water partition coefficient (Wildman–Crippen LogP) is 4.09. The van der Waals surface area contributed by atoms with Gasteiger partial charge in [0, 0.05) is 11.8 Å². The molecule has 0 aromatic heterocycles. The van der Waals surface area contributed by atoms with Gasteiger partial charge >= 0.3 is 5.97 Å². The largest absolute Gasteiger partial charge is 0.507 e. The van der Waals surface area contributed by atoms with E-state index < -0.39 is 11.8 Å². The Kier molecular flexibility index (Phi) is 4.93. The number of carbonyl (C=O) groups excluding carboxylic acids is 1. The van der Waals surface area contributed by atoms with E-state index in [9.17, 15) is 14.3 Å². The van der Waals surface area contributed by atoms with Crippen LogP contribution < -0.4 is 4.72 Å². The SMILES string of the molecule is COC(=O)c1ccc(NSc2cccc(Cl)c2F)cc1O. The number of hydrogen-bond acceptors (Lipinski definition) is 5. The standard InChI is InChI=1S/C14H11ClFNO3S/c1-20-14(19)9-6-5-8(7-11(9)18)17-21-12-4-2-3-10(15)13(12)16/h2-7,17-18H,1H3. The number of phenols is 1. The minimum Gasteiger partial charge on any atom is -0.507 e. The highest BCUT2D eigenvalue weighted by Crippen LogP contribution is 2.30. The van der Waals surface area contributed by atoms with Gasteiger partial charge in [-0.05, 0) is 36.2 Å². The maximum Gasteiger partial charge on any atom is 0.341 e. The second kappa shape index (κ2) is 6.69. The van der Waals surface area contributed by atoms with Gasteiger partial charge < -0.3 is 14.6 Å². The van der Waals surface area contributed by atoms with E-state index in [2.05, 4.69) is 9.46 Å². The Morgan fingerprint density at radius 3 is 2.81 bits per heavy atom. The molecule has 2 N–H and O–H groups in total. The predicted molar refractivity (Wildman–Crippen MR) is 80.3 cm³/mol. The number of nitrogens with one attached hydrogen (secondary N) is 1. The van der Waals surface area contributed by atoms with Crippen molar-refractivity contribution in [3.8, 4) is 5.75 Å². The maximum atomic E-state index is 13.7. The molecule has 0 atom stereocenters. The second-order valence-electron chi connectivity index (χ2n) is 3.98. The lowest BCUT2D eigenvalue weighted by molar-refractivity contribution is 0.0597. The molecule has 0 saturated carbocycles. The number of phenolic OH excluding ortho intramolecular Hbond substituents is 1. The highest BCUT2D eigenvalue weighted by atomic mass is 35.5. The van der Waals surface area contributed by atoms with Crippen molar-refractivity contribution in [3.63, 3.8) is 0 Å². The second-order valence-corrected chi connectivity index (χ2v) is 5.23. The summed E-state index contributed by atoms with van der Waals surface area (Å²) in [6.07, 6.45) is 0. The molecule has 0 fully saturated rings. The van der Waals surface area contributed by atoms with E-state index in [-0.39, 0.29) is 16.3 Å². The lowest BCUT2D eigenvalue weighted by Gasteiger charge is -2.09. The van der Waals surface area contributed by atoms with Crippen molar-refractivity contribution in [1.29, 1.82) is 0 Å². The number of hydrogen-bond donors (Lipinski definition) is 2. The topological polar surface area (TPSA) is 58.6 Å². The summed E-state index contributed by atoms with van der Waals surface area (Å²) in [5, 5.41) is 9.78. The number of anilines is 1. The molecule has 4 nitrogen and oxygen atoms in total. The third-order valence-corrected chi connectivity index (χ3v) is 3.76. The minimum absolute atomic E-state index is 0.0330. The first kappa shape index (κ1) is 15.5. The highest BCUT2D eigenvalue weighted by molar-refractivity contribution is 8.00. The van der Waals surface area contributed by atoms with Crippen LogP contribution in [0.1, 0.15) is 10.4 Å². The van der Waals surface area contributed by atoms with Crippen molar-refractivity contribution >= 4 is 35.2 Å². The van der Waals surface area contributed by atoms with Gasteiger partial charge in [-0.3, -0.25) is 0 Å². The molecule has 7 heteroatoms. The number of benzene rings is 2. The van der Waals surface area contributed by atoms with Crippen LogP contribution in [0.25, 0.3) is 0 Å². The molecule has 0 aliphatic heterocycles. The Hall–Kier alpha value is -1.92. The summed E-state index contributed by atoms with van der Waals surface area (Å²) in [4.78, 5) is 11.7. The Morgan fingerprint density at radius 2 is 2.14 bits per heavy atom. The molecule has 110 valence electrons. The van der Waals surface area contributed by atoms with E-state index in [0.717, 1.165) is 11.9 Å². The van der Waals surface area contributed by atoms with Gasteiger partial charge in [-0.1, -0.05) is 17.7 Å². The van der Waals surface area contributed by atoms with Gasteiger partial charge in [0.1, 0.15) is 11.3 Å². The number of halogens is 2. The van der Waals surface area contributed by atoms with Gasteiger partial charge in [0.25, 0.3) is 0 Å². The quantitative estimate of drug-likeness (QED) is 0.654. The fraction of sp³-hybridized carbons (Fsp3) is 0.0714. The number of methoxy groups -OCH3 is 1. The Balaban J connectivity index is 2.12. The van der Waals surface area contributed by atoms with Crippen molar-refractivity contribution in [1.82, 2.24) is 0 Å². The molecule has 0 unspecified atom stereocenters. The van der Waals surface area contributed by atoms with Gasteiger partial charge in [0.05, 0.1) is 17.0 Å². The maximum absolute atomic E-state index is 13.7. The third-order valence-electron chi connectivity index (χ3n) is 2.60. The Bertz CT molecular complexity index is 681. The zero-order valence-corrected chi connectivity index (χ0v) is 12.5. The third kappa shape index (κ3) is 3.59. The van der Waals surface area contributed by atoms with Gasteiger partial charge in [-0.25, -0.2) is 9.18 Å². The molecule has 2 aromatic rings. The van der Waals surface area contributed by atoms with E-state index in [0.29, 0.717) is 10.6 Å². The first-order valence-electron chi connectivity index (χ1n) is 5.81. The molecule has 21 heavy (non-hydrogen) atoms. The van der Waals surface area contributed by atoms with Crippen molar-refractivity contribution in [2.24, 2.45) is 0 Å². The summed E-state index contributed by atoms with van der Waals surface area (Å²) in [6.45, 7) is 0. The number of rotatable bonds is 4. The minimum atomic E-state index is -0.632. The molecule has 0 aliphatic rings. The van der Waals surface area contributed by atoms with Crippen LogP contribution in [0.3, 0.4) is 0 Å². The zero-order valence-electron chi connectivity index (χ0n) is 10.9. The summed E-state index contributed by atoms with van der Waals surface area (Å²) >= 11 is 6.69.